The largest absolute Gasteiger partial charge is 0.468 e. The molecule has 2 aromatic rings. The Balaban J connectivity index is 1.88. The summed E-state index contributed by atoms with van der Waals surface area (Å²) in [5, 5.41) is 24.4. The van der Waals surface area contributed by atoms with E-state index in [1.807, 2.05) is 4.98 Å². The molecule has 4 N–H and O–H groups in total. The number of hydrogen-bond donors (Lipinski definition) is 4. The van der Waals surface area contributed by atoms with Gasteiger partial charge in [-0.25, -0.2) is 9.36 Å². The normalized spacial score (nSPS) is 25.8. The first-order valence-corrected chi connectivity index (χ1v) is 12.2. The van der Waals surface area contributed by atoms with Gasteiger partial charge >= 0.3 is 19.4 Å². The molecule has 3 rings (SSSR count). The molecule has 0 spiro atoms. The monoisotopic (exact) mass is 523 g/mol. The molecule has 0 amide bonds. The predicted molar refractivity (Wildman–Crippen MR) is 125 cm³/mol. The van der Waals surface area contributed by atoms with Crippen LogP contribution < -0.4 is 20.9 Å². The molecule has 0 radical (unpaired) electrons. The summed E-state index contributed by atoms with van der Waals surface area (Å²) in [5.74, 6) is -0.585. The number of esters is 1. The highest BCUT2D eigenvalue weighted by atomic mass is 31.2. The van der Waals surface area contributed by atoms with Crippen LogP contribution in [0.15, 0.2) is 70.6 Å². The van der Waals surface area contributed by atoms with Gasteiger partial charge in [0, 0.05) is 12.3 Å². The molecule has 1 saturated heterocycles. The van der Waals surface area contributed by atoms with Crippen LogP contribution in [0.1, 0.15) is 13.2 Å². The highest BCUT2D eigenvalue weighted by molar-refractivity contribution is 7.52. The summed E-state index contributed by atoms with van der Waals surface area (Å²) < 4.78 is 35.7. The molecule has 14 heteroatoms. The van der Waals surface area contributed by atoms with E-state index in [9.17, 15) is 29.2 Å². The third-order valence-electron chi connectivity index (χ3n) is 5.25. The number of H-pyrrole nitrogens is 1. The van der Waals surface area contributed by atoms with E-state index in [0.717, 1.165) is 30.0 Å². The molecule has 194 valence electrons. The summed E-state index contributed by atoms with van der Waals surface area (Å²) in [5.41, 5.74) is -1.47. The molecule has 13 nitrogen and oxygen atoms in total. The van der Waals surface area contributed by atoms with Gasteiger partial charge < -0.3 is 24.2 Å². The number of aliphatic hydroxyl groups excluding tert-OH is 1. The minimum atomic E-state index is -4.29. The maximum absolute atomic E-state index is 13.5. The summed E-state index contributed by atoms with van der Waals surface area (Å²) in [6.07, 6.45) is -2.54. The molecule has 1 aliphatic rings. The van der Waals surface area contributed by atoms with Crippen molar-refractivity contribution in [1.82, 2.24) is 14.6 Å². The fourth-order valence-electron chi connectivity index (χ4n) is 3.49. The molecular formula is C22H26N3O10P. The van der Waals surface area contributed by atoms with Crippen LogP contribution in [0.25, 0.3) is 0 Å². The lowest BCUT2D eigenvalue weighted by Crippen LogP contribution is -2.47. The van der Waals surface area contributed by atoms with Crippen molar-refractivity contribution in [2.45, 2.75) is 37.0 Å². The number of rotatable bonds is 10. The average Bonchev–Trinajstić information content (AvgIpc) is 3.08. The zero-order valence-corrected chi connectivity index (χ0v) is 20.3. The number of nitrogens with zero attached hydrogens (tertiary/aromatic N) is 1. The van der Waals surface area contributed by atoms with Crippen LogP contribution in [0.4, 0.5) is 0 Å². The Hall–Kier alpha value is -3.28. The van der Waals surface area contributed by atoms with Gasteiger partial charge in [0.25, 0.3) is 5.56 Å². The summed E-state index contributed by atoms with van der Waals surface area (Å²) in [6.45, 7) is 4.14. The van der Waals surface area contributed by atoms with Gasteiger partial charge in [0.2, 0.25) is 0 Å². The van der Waals surface area contributed by atoms with Crippen LogP contribution in [-0.2, 0) is 23.4 Å². The molecule has 1 fully saturated rings. The number of aliphatic hydroxyl groups is 2. The molecule has 6 atom stereocenters. The molecule has 1 unspecified atom stereocenters. The van der Waals surface area contributed by atoms with Crippen LogP contribution >= 0.6 is 7.75 Å². The number of benzene rings is 1. The van der Waals surface area contributed by atoms with Gasteiger partial charge in [-0.15, -0.1) is 5.73 Å². The second-order valence-corrected chi connectivity index (χ2v) is 9.49. The standard InChI is InChI=1S/C22H26N3O10P/c1-4-11-22(30)18(27)16(34-20(22)25-12-10-17(26)23-21(25)29)13-33-36(31,24-14(2)19(28)32-3)35-15-8-6-5-7-9-15/h5-12,14,16,18,20,27,30H,1,13H2,2-3H3,(H,24,31)(H,23,26,29)/t14-,16+,18+,20+,22+,36?/m0/s1. The van der Waals surface area contributed by atoms with Gasteiger partial charge in [0.15, 0.2) is 11.8 Å². The van der Waals surface area contributed by atoms with E-state index < -0.39 is 61.7 Å². The lowest BCUT2D eigenvalue weighted by Gasteiger charge is -2.28. The summed E-state index contributed by atoms with van der Waals surface area (Å²) in [7, 11) is -3.13. The summed E-state index contributed by atoms with van der Waals surface area (Å²) in [6, 6.07) is 7.90. The lowest BCUT2D eigenvalue weighted by molar-refractivity contribution is -0.142. The van der Waals surface area contributed by atoms with Gasteiger partial charge in [0.05, 0.1) is 13.7 Å². The molecule has 1 aromatic heterocycles. The molecule has 0 aliphatic carbocycles. The Morgan fingerprint density at radius 1 is 1.39 bits per heavy atom. The zero-order chi connectivity index (χ0) is 26.5. The van der Waals surface area contributed by atoms with Crippen molar-refractivity contribution in [2.24, 2.45) is 0 Å². The van der Waals surface area contributed by atoms with Crippen molar-refractivity contribution in [2.75, 3.05) is 13.7 Å². The summed E-state index contributed by atoms with van der Waals surface area (Å²) >= 11 is 0. The number of nitrogens with one attached hydrogen (secondary N) is 2. The van der Waals surface area contributed by atoms with Gasteiger partial charge in [0.1, 0.15) is 24.0 Å². The zero-order valence-electron chi connectivity index (χ0n) is 19.4. The van der Waals surface area contributed by atoms with Crippen LogP contribution in [0.2, 0.25) is 0 Å². The van der Waals surface area contributed by atoms with Crippen molar-refractivity contribution in [3.8, 4) is 5.75 Å². The first-order chi connectivity index (χ1) is 17.0. The summed E-state index contributed by atoms with van der Waals surface area (Å²) in [4.78, 5) is 37.6. The lowest BCUT2D eigenvalue weighted by atomic mass is 9.94. The van der Waals surface area contributed by atoms with Gasteiger partial charge in [-0.2, -0.15) is 5.09 Å². The van der Waals surface area contributed by atoms with Gasteiger partial charge in [-0.05, 0) is 25.1 Å². The second-order valence-electron chi connectivity index (χ2n) is 7.80. The SMILES string of the molecule is C=C=C[C@@]1(O)[C@H](O)[C@@H](COP(=O)(N[C@@H](C)C(=O)OC)Oc2ccccc2)O[C@H]1n1ccc(=O)[nH]c1=O. The molecule has 2 heterocycles. The highest BCUT2D eigenvalue weighted by Gasteiger charge is 2.56. The van der Waals surface area contributed by atoms with Crippen molar-refractivity contribution < 1.29 is 38.1 Å². The van der Waals surface area contributed by atoms with E-state index in [2.05, 4.69) is 22.1 Å². The fourth-order valence-corrected chi connectivity index (χ4v) is 4.99. The van der Waals surface area contributed by atoms with Crippen molar-refractivity contribution in [3.05, 3.63) is 81.8 Å². The number of aromatic amines is 1. The third kappa shape index (κ3) is 5.92. The van der Waals surface area contributed by atoms with Crippen LogP contribution in [0.3, 0.4) is 0 Å². The van der Waals surface area contributed by atoms with Crippen LogP contribution in [-0.4, -0.2) is 63.3 Å². The van der Waals surface area contributed by atoms with Gasteiger partial charge in [-0.3, -0.25) is 23.7 Å². The maximum atomic E-state index is 13.5. The van der Waals surface area contributed by atoms with Crippen molar-refractivity contribution >= 4 is 13.7 Å². The Morgan fingerprint density at radius 2 is 2.08 bits per heavy atom. The predicted octanol–water partition coefficient (Wildman–Crippen LogP) is 0.222. The minimum Gasteiger partial charge on any atom is -0.468 e. The topological polar surface area (TPSA) is 178 Å². The minimum absolute atomic E-state index is 0.155. The highest BCUT2D eigenvalue weighted by Crippen LogP contribution is 2.47. The van der Waals surface area contributed by atoms with E-state index in [1.165, 1.54) is 19.1 Å². The van der Waals surface area contributed by atoms with E-state index >= 15 is 0 Å². The Kier molecular flexibility index (Phi) is 8.49. The van der Waals surface area contributed by atoms with Crippen LogP contribution in [0.5, 0.6) is 5.75 Å². The van der Waals surface area contributed by atoms with Crippen molar-refractivity contribution in [1.29, 1.82) is 0 Å². The number of carbonyl (C=O) groups excluding carboxylic acids is 1. The smallest absolute Gasteiger partial charge is 0.459 e. The Labute approximate surface area is 205 Å². The van der Waals surface area contributed by atoms with Crippen LogP contribution in [0, 0.1) is 0 Å². The average molecular weight is 523 g/mol. The third-order valence-corrected chi connectivity index (χ3v) is 6.89. The molecule has 36 heavy (non-hydrogen) atoms. The molecule has 0 saturated carbocycles. The number of para-hydroxylation sites is 1. The first kappa shape index (κ1) is 27.3. The molecule has 1 aromatic carbocycles. The number of aromatic nitrogens is 2. The van der Waals surface area contributed by atoms with E-state index in [-0.39, 0.29) is 5.75 Å². The first-order valence-electron chi connectivity index (χ1n) is 10.6. The molecular weight excluding hydrogens is 497 g/mol. The van der Waals surface area contributed by atoms with E-state index in [1.54, 1.807) is 18.2 Å². The van der Waals surface area contributed by atoms with Gasteiger partial charge in [-0.1, -0.05) is 24.8 Å². The number of carbonyl (C=O) groups is 1. The molecule has 1 aliphatic heterocycles. The number of methoxy groups -OCH3 is 1. The maximum Gasteiger partial charge on any atom is 0.459 e. The second kappa shape index (κ2) is 11.2. The van der Waals surface area contributed by atoms with E-state index in [4.69, 9.17) is 13.8 Å². The number of ether oxygens (including phenoxy) is 2. The van der Waals surface area contributed by atoms with Crippen molar-refractivity contribution in [3.63, 3.8) is 0 Å². The Morgan fingerprint density at radius 3 is 2.69 bits per heavy atom. The Bertz CT molecular complexity index is 1290. The quantitative estimate of drug-likeness (QED) is 0.190. The van der Waals surface area contributed by atoms with E-state index in [0.29, 0.717) is 0 Å². The fraction of sp³-hybridized carbons (Fsp3) is 0.364. The number of hydrogen-bond acceptors (Lipinski definition) is 10. The molecule has 0 bridgehead atoms.